The van der Waals surface area contributed by atoms with Crippen molar-refractivity contribution in [2.75, 3.05) is 7.11 Å². The molecule has 0 fully saturated rings. The minimum atomic E-state index is -4.94. The second-order valence-corrected chi connectivity index (χ2v) is 10.5. The van der Waals surface area contributed by atoms with Gasteiger partial charge in [-0.2, -0.15) is 0 Å². The van der Waals surface area contributed by atoms with Crippen LogP contribution in [0.3, 0.4) is 0 Å². The number of hydrogen-bond acceptors (Lipinski definition) is 6. The van der Waals surface area contributed by atoms with Crippen molar-refractivity contribution in [1.82, 2.24) is 5.32 Å². The third-order valence-corrected chi connectivity index (χ3v) is 8.86. The predicted octanol–water partition coefficient (Wildman–Crippen LogP) is -0.382. The zero-order chi connectivity index (χ0) is 23.6. The topological polar surface area (TPSA) is 131 Å². The van der Waals surface area contributed by atoms with Crippen molar-refractivity contribution < 1.29 is 38.4 Å². The number of methoxy groups -OCH3 is 1. The molecule has 10 heteroatoms. The normalized spacial score (nSPS) is 11.8. The molecule has 32 heavy (non-hydrogen) atoms. The lowest BCUT2D eigenvalue weighted by Crippen LogP contribution is -2.68. The fourth-order valence-electron chi connectivity index (χ4n) is 3.16. The average Bonchev–Trinajstić information content (AvgIpc) is 2.79. The third-order valence-electron chi connectivity index (χ3n) is 4.31. The largest absolute Gasteiger partial charge is 0.453 e. The lowest BCUT2D eigenvalue weighted by Gasteiger charge is -2.28. The number of halogens is 2. The van der Waals surface area contributed by atoms with Crippen LogP contribution in [0.25, 0.3) is 0 Å². The number of benzene rings is 3. The Morgan fingerprint density at radius 2 is 1.12 bits per heavy atom. The summed E-state index contributed by atoms with van der Waals surface area (Å²) in [5.74, 6) is 0. The Bertz CT molecular complexity index is 912. The molecule has 0 aliphatic rings. The molecule has 1 amide bonds. The van der Waals surface area contributed by atoms with E-state index in [1.165, 1.54) is 12.6 Å². The van der Waals surface area contributed by atoms with E-state index >= 15 is 0 Å². The van der Waals surface area contributed by atoms with Gasteiger partial charge < -0.3 is 4.74 Å². The van der Waals surface area contributed by atoms with Crippen molar-refractivity contribution in [3.05, 3.63) is 102 Å². The molecule has 3 aromatic rings. The van der Waals surface area contributed by atoms with Crippen molar-refractivity contribution in [1.29, 1.82) is 0 Å². The number of alkyl carbamates (subject to hydrolysis) is 1. The van der Waals surface area contributed by atoms with Gasteiger partial charge in [0.15, 0.2) is 12.7 Å². The van der Waals surface area contributed by atoms with Gasteiger partial charge in [-0.1, -0.05) is 66.2 Å². The first-order valence-corrected chi connectivity index (χ1v) is 12.5. The molecule has 0 atom stereocenters. The maximum Gasteiger partial charge on any atom is 0.413 e. The van der Waals surface area contributed by atoms with Gasteiger partial charge in [0, 0.05) is 0 Å². The Labute approximate surface area is 193 Å². The smallest absolute Gasteiger partial charge is 0.413 e. The van der Waals surface area contributed by atoms with Crippen LogP contribution in [0.1, 0.15) is 0 Å². The number of carbonyl (C=O) groups is 1. The molecule has 7 nitrogen and oxygen atoms in total. The van der Waals surface area contributed by atoms with Crippen LogP contribution in [-0.2, 0) is 4.74 Å². The summed E-state index contributed by atoms with van der Waals surface area (Å²) in [5, 5.41) is 6.14. The van der Waals surface area contributed by atoms with E-state index in [9.17, 15) is 4.79 Å². The predicted molar refractivity (Wildman–Crippen MR) is 115 cm³/mol. The highest BCUT2D eigenvalue weighted by atomic mass is 35.7. The van der Waals surface area contributed by atoms with Crippen LogP contribution < -0.4 is 39.9 Å². The summed E-state index contributed by atoms with van der Waals surface area (Å²) in [6.45, 7) is 0. The minimum Gasteiger partial charge on any atom is -0.453 e. The SMILES string of the molecule is COC(=O)N/C(=C/Cl)[P+](c1ccccc1)(c1ccccc1)c1ccccc1.[O-][Cl+3]([O-])([O-])[O-]. The van der Waals surface area contributed by atoms with Crippen LogP contribution in [-0.4, -0.2) is 13.2 Å². The quantitative estimate of drug-likeness (QED) is 0.480. The summed E-state index contributed by atoms with van der Waals surface area (Å²) in [4.78, 5) is 12.1. The van der Waals surface area contributed by atoms with E-state index in [1.54, 1.807) is 0 Å². The number of hydrogen-bond donors (Lipinski definition) is 1. The molecule has 0 unspecified atom stereocenters. The molecule has 0 aliphatic carbocycles. The molecule has 0 bridgehead atoms. The first-order chi connectivity index (χ1) is 15.2. The van der Waals surface area contributed by atoms with Gasteiger partial charge in [0.05, 0.1) is 12.6 Å². The van der Waals surface area contributed by atoms with E-state index in [4.69, 9.17) is 35.0 Å². The van der Waals surface area contributed by atoms with Crippen LogP contribution in [0.4, 0.5) is 4.79 Å². The van der Waals surface area contributed by atoms with Crippen LogP contribution in [0, 0.1) is 10.2 Å². The molecule has 1 N–H and O–H groups in total. The highest BCUT2D eigenvalue weighted by Crippen LogP contribution is 2.61. The van der Waals surface area contributed by atoms with Crippen molar-refractivity contribution in [2.45, 2.75) is 0 Å². The van der Waals surface area contributed by atoms with E-state index in [0.29, 0.717) is 5.44 Å². The molecule has 0 aliphatic heterocycles. The van der Waals surface area contributed by atoms with Crippen molar-refractivity contribution in [3.63, 3.8) is 0 Å². The third kappa shape index (κ3) is 6.76. The molecule has 0 spiro atoms. The molecular formula is C22H20Cl2NO6P. The van der Waals surface area contributed by atoms with E-state index in [-0.39, 0.29) is 0 Å². The maximum atomic E-state index is 12.1. The summed E-state index contributed by atoms with van der Waals surface area (Å²) in [5.41, 5.74) is 2.08. The summed E-state index contributed by atoms with van der Waals surface area (Å²) in [6.07, 6.45) is -0.547. The molecule has 0 heterocycles. The number of carbonyl (C=O) groups excluding carboxylic acids is 1. The summed E-state index contributed by atoms with van der Waals surface area (Å²) >= 11 is 6.30. The zero-order valence-electron chi connectivity index (χ0n) is 16.9. The standard InChI is InChI=1S/C22H19ClNO2P.ClHO4/c1-26-22(25)24-21(17-23)27(18-11-5-2-6-12-18,19-13-7-3-8-14-19)20-15-9-4-10-16-20;2-1(3,4)5/h2-17H,1H3;(H,2,3,4,5)/b21-17-;. The van der Waals surface area contributed by atoms with Crippen LogP contribution in [0.15, 0.2) is 102 Å². The molecule has 168 valence electrons. The molecule has 0 saturated carbocycles. The van der Waals surface area contributed by atoms with Crippen molar-refractivity contribution in [3.8, 4) is 0 Å². The van der Waals surface area contributed by atoms with E-state index < -0.39 is 23.6 Å². The minimum absolute atomic E-state index is 0.547. The highest BCUT2D eigenvalue weighted by Gasteiger charge is 2.50. The maximum absolute atomic E-state index is 12.1. The second-order valence-electron chi connectivity index (χ2n) is 6.17. The van der Waals surface area contributed by atoms with Crippen LogP contribution in [0.5, 0.6) is 0 Å². The monoisotopic (exact) mass is 495 g/mol. The molecule has 3 aromatic carbocycles. The lowest BCUT2D eigenvalue weighted by atomic mass is 10.4. The van der Waals surface area contributed by atoms with Crippen molar-refractivity contribution in [2.24, 2.45) is 0 Å². The average molecular weight is 496 g/mol. The van der Waals surface area contributed by atoms with E-state index in [2.05, 4.69) is 41.7 Å². The van der Waals surface area contributed by atoms with Gasteiger partial charge in [-0.3, -0.25) is 5.32 Å². The fourth-order valence-corrected chi connectivity index (χ4v) is 7.65. The Hall–Kier alpha value is -2.48. The van der Waals surface area contributed by atoms with E-state index in [1.807, 2.05) is 54.6 Å². The number of ether oxygens (including phenoxy) is 1. The molecule has 0 saturated heterocycles. The van der Waals surface area contributed by atoms with Gasteiger partial charge in [-0.15, -0.1) is 10.2 Å². The van der Waals surface area contributed by atoms with Gasteiger partial charge in [0.25, 0.3) is 0 Å². The summed E-state index contributed by atoms with van der Waals surface area (Å²) in [6, 6.07) is 30.4. The molecule has 3 rings (SSSR count). The van der Waals surface area contributed by atoms with Crippen molar-refractivity contribution >= 4 is 40.9 Å². The Balaban J connectivity index is 0.000000654. The van der Waals surface area contributed by atoms with Gasteiger partial charge in [-0.05, 0) is 36.4 Å². The van der Waals surface area contributed by atoms with Gasteiger partial charge in [0.1, 0.15) is 15.9 Å². The van der Waals surface area contributed by atoms with E-state index in [0.717, 1.165) is 15.9 Å². The fraction of sp³-hybridized carbons (Fsp3) is 0.0455. The lowest BCUT2D eigenvalue weighted by molar-refractivity contribution is -2.00. The molecule has 0 aromatic heterocycles. The highest BCUT2D eigenvalue weighted by molar-refractivity contribution is 7.99. The first kappa shape index (κ1) is 25.8. The van der Waals surface area contributed by atoms with Crippen LogP contribution >= 0.6 is 18.9 Å². The Morgan fingerprint density at radius 1 is 0.812 bits per heavy atom. The van der Waals surface area contributed by atoms with Gasteiger partial charge in [-0.25, -0.2) is 23.4 Å². The van der Waals surface area contributed by atoms with Gasteiger partial charge >= 0.3 is 6.09 Å². The Morgan fingerprint density at radius 3 is 1.38 bits per heavy atom. The zero-order valence-corrected chi connectivity index (χ0v) is 19.3. The van der Waals surface area contributed by atoms with Gasteiger partial charge in [0.2, 0.25) is 0 Å². The summed E-state index contributed by atoms with van der Waals surface area (Å²) in [7, 11) is -6.02. The number of nitrogens with one attached hydrogen (secondary N) is 1. The van der Waals surface area contributed by atoms with Crippen LogP contribution in [0.2, 0.25) is 0 Å². The number of rotatable bonds is 5. The first-order valence-electron chi connectivity index (χ1n) is 9.07. The Kier molecular flexibility index (Phi) is 9.62. The summed E-state index contributed by atoms with van der Waals surface area (Å²) < 4.78 is 38.8. The molecule has 0 radical (unpaired) electrons. The second kappa shape index (κ2) is 11.9. The molecular weight excluding hydrogens is 476 g/mol. The number of amides is 1.